The Labute approximate surface area is 101 Å². The zero-order valence-electron chi connectivity index (χ0n) is 10.2. The zero-order chi connectivity index (χ0) is 11.8. The Kier molecular flexibility index (Phi) is 1.65. The minimum atomic E-state index is -0.348. The summed E-state index contributed by atoms with van der Waals surface area (Å²) in [5.41, 5.74) is 0.311. The molecule has 5 atom stereocenters. The molecule has 17 heavy (non-hydrogen) atoms. The Morgan fingerprint density at radius 1 is 1.35 bits per heavy atom. The second-order valence-electron chi connectivity index (χ2n) is 6.30. The second kappa shape index (κ2) is 2.77. The van der Waals surface area contributed by atoms with Crippen molar-refractivity contribution >= 4 is 5.97 Å². The van der Waals surface area contributed by atoms with E-state index < -0.39 is 0 Å². The molecular formula is C14H18O3. The minimum Gasteiger partial charge on any atom is -0.452 e. The van der Waals surface area contributed by atoms with Crippen LogP contribution in [0.15, 0.2) is 12.2 Å². The third kappa shape index (κ3) is 1.00. The fourth-order valence-corrected chi connectivity index (χ4v) is 4.55. The lowest BCUT2D eigenvalue weighted by atomic mass is 9.59. The third-order valence-electron chi connectivity index (χ3n) is 5.46. The fraction of sp³-hybridized carbons (Fsp3) is 0.786. The number of hydrogen-bond donors (Lipinski definition) is 0. The van der Waals surface area contributed by atoms with Gasteiger partial charge in [0.15, 0.2) is 5.60 Å². The van der Waals surface area contributed by atoms with Crippen LogP contribution in [0, 0.1) is 11.8 Å². The highest BCUT2D eigenvalue weighted by Crippen LogP contribution is 2.64. The fourth-order valence-electron chi connectivity index (χ4n) is 4.55. The number of rotatable bonds is 0. The van der Waals surface area contributed by atoms with E-state index in [-0.39, 0.29) is 29.2 Å². The number of esters is 1. The second-order valence-corrected chi connectivity index (χ2v) is 6.30. The lowest BCUT2D eigenvalue weighted by molar-refractivity contribution is -0.163. The van der Waals surface area contributed by atoms with Crippen LogP contribution in [0.25, 0.3) is 0 Å². The van der Waals surface area contributed by atoms with Gasteiger partial charge in [0.2, 0.25) is 0 Å². The molecule has 2 saturated heterocycles. The lowest BCUT2D eigenvalue weighted by Crippen LogP contribution is -2.55. The average molecular weight is 234 g/mol. The average Bonchev–Trinajstić information content (AvgIpc) is 2.94. The van der Waals surface area contributed by atoms with Crippen LogP contribution in [0.5, 0.6) is 0 Å². The van der Waals surface area contributed by atoms with Gasteiger partial charge in [0.25, 0.3) is 0 Å². The van der Waals surface area contributed by atoms with Gasteiger partial charge in [0.05, 0.1) is 5.60 Å². The van der Waals surface area contributed by atoms with E-state index in [1.807, 2.05) is 0 Å². The van der Waals surface area contributed by atoms with E-state index in [0.717, 1.165) is 19.3 Å². The van der Waals surface area contributed by atoms with Gasteiger partial charge in [-0.2, -0.15) is 0 Å². The molecule has 2 aliphatic heterocycles. The van der Waals surface area contributed by atoms with E-state index in [0.29, 0.717) is 11.5 Å². The summed E-state index contributed by atoms with van der Waals surface area (Å²) in [7, 11) is 0. The van der Waals surface area contributed by atoms with Gasteiger partial charge in [0, 0.05) is 17.4 Å². The summed E-state index contributed by atoms with van der Waals surface area (Å²) in [5.74, 6) is 0.521. The van der Waals surface area contributed by atoms with Crippen LogP contribution in [0.3, 0.4) is 0 Å². The van der Waals surface area contributed by atoms with Crippen molar-refractivity contribution in [2.45, 2.75) is 56.3 Å². The molecule has 0 amide bonds. The van der Waals surface area contributed by atoms with Crippen LogP contribution in [0.2, 0.25) is 0 Å². The quantitative estimate of drug-likeness (QED) is 0.366. The van der Waals surface area contributed by atoms with E-state index in [1.165, 1.54) is 12.8 Å². The molecule has 3 nitrogen and oxygen atoms in total. The molecular weight excluding hydrogens is 216 g/mol. The van der Waals surface area contributed by atoms with Crippen LogP contribution in [0.4, 0.5) is 0 Å². The highest BCUT2D eigenvalue weighted by atomic mass is 16.7. The number of fused-ring (bicyclic) bond motifs is 1. The summed E-state index contributed by atoms with van der Waals surface area (Å²) in [4.78, 5) is 11.9. The van der Waals surface area contributed by atoms with Gasteiger partial charge in [-0.15, -0.1) is 0 Å². The molecule has 4 fully saturated rings. The smallest absolute Gasteiger partial charge is 0.334 e. The molecule has 2 saturated carbocycles. The van der Waals surface area contributed by atoms with Crippen molar-refractivity contribution in [2.24, 2.45) is 11.8 Å². The minimum absolute atomic E-state index is 0.0308. The van der Waals surface area contributed by atoms with Crippen molar-refractivity contribution in [1.82, 2.24) is 0 Å². The standard InChI is InChI=1S/C14H18O3/c1-8-10-5-3-4-9-6-7-13(2)12(17-13)14(9,10)16-11(8)15/h9-10,12H,1,3-7H2,2H3/t9-,10+,12-,13-,14-/m1/s1. The Bertz CT molecular complexity index is 423. The predicted octanol–water partition coefficient (Wildman–Crippen LogP) is 2.21. The maximum atomic E-state index is 11.9. The Morgan fingerprint density at radius 3 is 3.00 bits per heavy atom. The molecule has 1 spiro atoms. The normalized spacial score (nSPS) is 55.7. The van der Waals surface area contributed by atoms with Gasteiger partial charge < -0.3 is 9.47 Å². The number of hydrogen-bond acceptors (Lipinski definition) is 3. The number of epoxide rings is 1. The van der Waals surface area contributed by atoms with Gasteiger partial charge in [0.1, 0.15) is 6.10 Å². The van der Waals surface area contributed by atoms with Crippen LogP contribution >= 0.6 is 0 Å². The van der Waals surface area contributed by atoms with Crippen LogP contribution in [-0.2, 0) is 14.3 Å². The van der Waals surface area contributed by atoms with E-state index in [1.54, 1.807) is 0 Å². The first-order valence-electron chi connectivity index (χ1n) is 6.68. The molecule has 0 radical (unpaired) electrons. The van der Waals surface area contributed by atoms with Crippen molar-refractivity contribution in [3.63, 3.8) is 0 Å². The summed E-state index contributed by atoms with van der Waals surface area (Å²) in [5, 5.41) is 0. The molecule has 0 aromatic rings. The van der Waals surface area contributed by atoms with Gasteiger partial charge in [-0.05, 0) is 32.6 Å². The van der Waals surface area contributed by atoms with Crippen molar-refractivity contribution in [2.75, 3.05) is 0 Å². The predicted molar refractivity (Wildman–Crippen MR) is 61.3 cm³/mol. The van der Waals surface area contributed by atoms with Crippen molar-refractivity contribution in [3.8, 4) is 0 Å². The summed E-state index contributed by atoms with van der Waals surface area (Å²) in [6.07, 6.45) is 5.77. The Hall–Kier alpha value is -0.830. The van der Waals surface area contributed by atoms with E-state index >= 15 is 0 Å². The number of carbonyl (C=O) groups is 1. The van der Waals surface area contributed by atoms with Crippen molar-refractivity contribution in [3.05, 3.63) is 12.2 Å². The first kappa shape index (κ1) is 10.1. The zero-order valence-corrected chi connectivity index (χ0v) is 10.2. The largest absolute Gasteiger partial charge is 0.452 e. The van der Waals surface area contributed by atoms with Crippen LogP contribution in [0.1, 0.15) is 39.0 Å². The summed E-state index contributed by atoms with van der Waals surface area (Å²) >= 11 is 0. The maximum absolute atomic E-state index is 11.9. The van der Waals surface area contributed by atoms with Gasteiger partial charge >= 0.3 is 5.97 Å². The van der Waals surface area contributed by atoms with E-state index in [9.17, 15) is 4.79 Å². The van der Waals surface area contributed by atoms with Crippen molar-refractivity contribution in [1.29, 1.82) is 0 Å². The lowest BCUT2D eigenvalue weighted by Gasteiger charge is -2.46. The monoisotopic (exact) mass is 234 g/mol. The van der Waals surface area contributed by atoms with E-state index in [4.69, 9.17) is 9.47 Å². The van der Waals surface area contributed by atoms with Crippen molar-refractivity contribution < 1.29 is 14.3 Å². The maximum Gasteiger partial charge on any atom is 0.334 e. The summed E-state index contributed by atoms with van der Waals surface area (Å²) < 4.78 is 11.7. The molecule has 0 unspecified atom stereocenters. The third-order valence-corrected chi connectivity index (χ3v) is 5.46. The molecule has 0 bridgehead atoms. The molecule has 92 valence electrons. The first-order chi connectivity index (χ1) is 8.08. The Morgan fingerprint density at radius 2 is 2.18 bits per heavy atom. The summed E-state index contributed by atoms with van der Waals surface area (Å²) in [6, 6.07) is 0. The number of carbonyl (C=O) groups excluding carboxylic acids is 1. The molecule has 3 heteroatoms. The van der Waals surface area contributed by atoms with Crippen LogP contribution < -0.4 is 0 Å². The molecule has 4 rings (SSSR count). The number of ether oxygens (including phenoxy) is 2. The van der Waals surface area contributed by atoms with Gasteiger partial charge in [-0.3, -0.25) is 0 Å². The highest BCUT2D eigenvalue weighted by molar-refractivity contribution is 5.92. The summed E-state index contributed by atoms with van der Waals surface area (Å²) in [6.45, 7) is 6.11. The van der Waals surface area contributed by atoms with E-state index in [2.05, 4.69) is 13.5 Å². The Balaban J connectivity index is 1.82. The molecule has 2 heterocycles. The molecule has 2 aliphatic carbocycles. The van der Waals surface area contributed by atoms with Crippen LogP contribution in [-0.4, -0.2) is 23.3 Å². The highest BCUT2D eigenvalue weighted by Gasteiger charge is 2.75. The molecule has 4 aliphatic rings. The topological polar surface area (TPSA) is 38.8 Å². The molecule has 0 aromatic carbocycles. The van der Waals surface area contributed by atoms with Gasteiger partial charge in [-0.25, -0.2) is 4.79 Å². The SMILES string of the molecule is C=C1C(=O)O[C@]23[C@H](CCC[C@@H]12)CC[C@@]1(C)O[C@@H]31. The molecule has 0 N–H and O–H groups in total. The first-order valence-corrected chi connectivity index (χ1v) is 6.68. The molecule has 0 aromatic heterocycles. The van der Waals surface area contributed by atoms with Gasteiger partial charge in [-0.1, -0.05) is 13.0 Å².